The summed E-state index contributed by atoms with van der Waals surface area (Å²) in [5, 5.41) is 40.3. The second kappa shape index (κ2) is 10.4. The van der Waals surface area contributed by atoms with Gasteiger partial charge in [0.1, 0.15) is 54.2 Å². The third kappa shape index (κ3) is 5.37. The fourth-order valence-corrected chi connectivity index (χ4v) is 5.13. The highest BCUT2D eigenvalue weighted by atomic mass is 16.6. The van der Waals surface area contributed by atoms with Crippen LogP contribution in [0.2, 0.25) is 0 Å². The molecular formula is C30H34O7. The standard InChI is InChI=1S/C30H34O7/c1-18-7-10-20(29-28(34)27(33)26(32)25(16-31)36-29)14-22(18)13-19-8-11-23(12-9-19)35-17-30(2)15-21-5-3-4-6-24(21)37-30/h3-12,14,25-29,31-34H,13,15-17H2,1-2H3/t25-,26-,27+,28-,29+,30?/m1/s1. The maximum Gasteiger partial charge on any atom is 0.144 e. The maximum atomic E-state index is 10.5. The number of aryl methyl sites for hydroxylation is 1. The molecule has 2 heterocycles. The Balaban J connectivity index is 1.24. The molecular weight excluding hydrogens is 472 g/mol. The monoisotopic (exact) mass is 506 g/mol. The van der Waals surface area contributed by atoms with Gasteiger partial charge in [-0.2, -0.15) is 0 Å². The first-order chi connectivity index (χ1) is 17.8. The molecule has 0 amide bonds. The lowest BCUT2D eigenvalue weighted by atomic mass is 9.89. The Bertz CT molecular complexity index is 1200. The Kier molecular flexibility index (Phi) is 7.25. The Morgan fingerprint density at radius 3 is 2.43 bits per heavy atom. The minimum absolute atomic E-state index is 0.398. The number of para-hydroxylation sites is 1. The van der Waals surface area contributed by atoms with Crippen molar-refractivity contribution in [3.05, 3.63) is 94.5 Å². The van der Waals surface area contributed by atoms with E-state index in [2.05, 4.69) is 13.0 Å². The van der Waals surface area contributed by atoms with E-state index in [-0.39, 0.29) is 0 Å². The van der Waals surface area contributed by atoms with Crippen molar-refractivity contribution in [3.8, 4) is 11.5 Å². The predicted molar refractivity (Wildman–Crippen MR) is 138 cm³/mol. The molecule has 3 aromatic carbocycles. The van der Waals surface area contributed by atoms with Crippen molar-refractivity contribution in [2.45, 2.75) is 62.8 Å². The molecule has 2 aliphatic rings. The highest BCUT2D eigenvalue weighted by molar-refractivity contribution is 5.40. The summed E-state index contributed by atoms with van der Waals surface area (Å²) in [7, 11) is 0. The Morgan fingerprint density at radius 2 is 1.70 bits per heavy atom. The van der Waals surface area contributed by atoms with Crippen LogP contribution in [0.15, 0.2) is 66.7 Å². The van der Waals surface area contributed by atoms with E-state index in [1.54, 1.807) is 0 Å². The third-order valence-corrected chi connectivity index (χ3v) is 7.35. The Hall–Kier alpha value is -2.94. The van der Waals surface area contributed by atoms with Crippen LogP contribution in [0.1, 0.15) is 40.8 Å². The van der Waals surface area contributed by atoms with E-state index < -0.39 is 42.7 Å². The summed E-state index contributed by atoms with van der Waals surface area (Å²) >= 11 is 0. The lowest BCUT2D eigenvalue weighted by molar-refractivity contribution is -0.231. The van der Waals surface area contributed by atoms with E-state index in [9.17, 15) is 20.4 Å². The first-order valence-electron chi connectivity index (χ1n) is 12.6. The topological polar surface area (TPSA) is 109 Å². The van der Waals surface area contributed by atoms with Gasteiger partial charge in [-0.25, -0.2) is 0 Å². The lowest BCUT2D eigenvalue weighted by Gasteiger charge is -2.40. The van der Waals surface area contributed by atoms with E-state index >= 15 is 0 Å². The van der Waals surface area contributed by atoms with E-state index in [1.165, 1.54) is 5.56 Å². The second-order valence-corrected chi connectivity index (χ2v) is 10.4. The van der Waals surface area contributed by atoms with Gasteiger partial charge in [0.05, 0.1) is 6.61 Å². The van der Waals surface area contributed by atoms with Crippen molar-refractivity contribution in [2.24, 2.45) is 0 Å². The van der Waals surface area contributed by atoms with Crippen LogP contribution in [0.25, 0.3) is 0 Å². The lowest BCUT2D eigenvalue weighted by Crippen LogP contribution is -2.55. The van der Waals surface area contributed by atoms with E-state index in [0.717, 1.165) is 34.6 Å². The van der Waals surface area contributed by atoms with Gasteiger partial charge in [-0.1, -0.05) is 48.5 Å². The number of rotatable bonds is 7. The van der Waals surface area contributed by atoms with Crippen molar-refractivity contribution in [2.75, 3.05) is 13.2 Å². The average molecular weight is 507 g/mol. The average Bonchev–Trinajstić information content (AvgIpc) is 3.25. The molecule has 5 rings (SSSR count). The van der Waals surface area contributed by atoms with Crippen LogP contribution in [0.5, 0.6) is 11.5 Å². The summed E-state index contributed by atoms with van der Waals surface area (Å²) in [5.74, 6) is 1.70. The van der Waals surface area contributed by atoms with Crippen LogP contribution in [-0.4, -0.2) is 63.7 Å². The normalized spacial score (nSPS) is 29.0. The molecule has 4 N–H and O–H groups in total. The van der Waals surface area contributed by atoms with Crippen LogP contribution in [0.4, 0.5) is 0 Å². The molecule has 0 aliphatic carbocycles. The number of hydrogen-bond donors (Lipinski definition) is 4. The third-order valence-electron chi connectivity index (χ3n) is 7.35. The van der Waals surface area contributed by atoms with Crippen LogP contribution in [-0.2, 0) is 17.6 Å². The van der Waals surface area contributed by atoms with Gasteiger partial charge < -0.3 is 34.6 Å². The predicted octanol–water partition coefficient (Wildman–Crippen LogP) is 2.87. The van der Waals surface area contributed by atoms with Crippen LogP contribution < -0.4 is 9.47 Å². The molecule has 0 radical (unpaired) electrons. The molecule has 0 spiro atoms. The van der Waals surface area contributed by atoms with Gasteiger partial charge in [-0.3, -0.25) is 0 Å². The molecule has 1 fully saturated rings. The summed E-state index contributed by atoms with van der Waals surface area (Å²) in [6, 6.07) is 21.8. The number of aliphatic hydroxyl groups excluding tert-OH is 4. The largest absolute Gasteiger partial charge is 0.489 e. The van der Waals surface area contributed by atoms with Crippen LogP contribution in [0, 0.1) is 6.92 Å². The number of ether oxygens (including phenoxy) is 3. The zero-order chi connectivity index (χ0) is 26.2. The number of benzene rings is 3. The summed E-state index contributed by atoms with van der Waals surface area (Å²) in [6.45, 7) is 4.07. The van der Waals surface area contributed by atoms with Gasteiger partial charge in [0.2, 0.25) is 0 Å². The Morgan fingerprint density at radius 1 is 0.946 bits per heavy atom. The highest BCUT2D eigenvalue weighted by Crippen LogP contribution is 2.36. The molecule has 7 nitrogen and oxygen atoms in total. The molecule has 1 unspecified atom stereocenters. The Labute approximate surface area is 216 Å². The quantitative estimate of drug-likeness (QED) is 0.390. The van der Waals surface area contributed by atoms with Crippen molar-refractivity contribution < 1.29 is 34.6 Å². The molecule has 196 valence electrons. The second-order valence-electron chi connectivity index (χ2n) is 10.4. The fraction of sp³-hybridized carbons (Fsp3) is 0.400. The fourth-order valence-electron chi connectivity index (χ4n) is 5.13. The smallest absolute Gasteiger partial charge is 0.144 e. The highest BCUT2D eigenvalue weighted by Gasteiger charge is 2.44. The molecule has 0 saturated carbocycles. The summed E-state index contributed by atoms with van der Waals surface area (Å²) in [5.41, 5.74) is 4.71. The van der Waals surface area contributed by atoms with E-state index in [1.807, 2.05) is 67.6 Å². The molecule has 6 atom stereocenters. The van der Waals surface area contributed by atoms with Gasteiger partial charge in [0.25, 0.3) is 0 Å². The van der Waals surface area contributed by atoms with Gasteiger partial charge in [-0.15, -0.1) is 0 Å². The van der Waals surface area contributed by atoms with Gasteiger partial charge >= 0.3 is 0 Å². The molecule has 0 aromatic heterocycles. The van der Waals surface area contributed by atoms with Crippen LogP contribution >= 0.6 is 0 Å². The molecule has 0 bridgehead atoms. The van der Waals surface area contributed by atoms with Crippen molar-refractivity contribution in [1.82, 2.24) is 0 Å². The van der Waals surface area contributed by atoms with Gasteiger partial charge in [0.15, 0.2) is 0 Å². The van der Waals surface area contributed by atoms with Gasteiger partial charge in [0, 0.05) is 6.42 Å². The SMILES string of the molecule is Cc1ccc([C@@H]2O[C@H](CO)[C@@H](O)[C@H](O)[C@H]2O)cc1Cc1ccc(OCC2(C)Cc3ccccc3O2)cc1. The van der Waals surface area contributed by atoms with Crippen molar-refractivity contribution in [3.63, 3.8) is 0 Å². The molecule has 7 heteroatoms. The van der Waals surface area contributed by atoms with Crippen molar-refractivity contribution >= 4 is 0 Å². The maximum absolute atomic E-state index is 10.5. The first kappa shape index (κ1) is 25.7. The molecule has 3 aromatic rings. The molecule has 37 heavy (non-hydrogen) atoms. The van der Waals surface area contributed by atoms with Crippen LogP contribution in [0.3, 0.4) is 0 Å². The summed E-state index contributed by atoms with van der Waals surface area (Å²) in [4.78, 5) is 0. The summed E-state index contributed by atoms with van der Waals surface area (Å²) in [6.07, 6.45) is -4.40. The minimum atomic E-state index is -1.40. The molecule has 1 saturated heterocycles. The van der Waals surface area contributed by atoms with Gasteiger partial charge in [-0.05, 0) is 66.3 Å². The van der Waals surface area contributed by atoms with E-state index in [0.29, 0.717) is 18.6 Å². The number of aliphatic hydroxyl groups is 4. The zero-order valence-electron chi connectivity index (χ0n) is 21.1. The first-order valence-corrected chi connectivity index (χ1v) is 12.6. The zero-order valence-corrected chi connectivity index (χ0v) is 21.1. The minimum Gasteiger partial charge on any atom is -0.489 e. The number of fused-ring (bicyclic) bond motifs is 1. The molecule has 2 aliphatic heterocycles. The summed E-state index contributed by atoms with van der Waals surface area (Å²) < 4.78 is 17.9. The van der Waals surface area contributed by atoms with E-state index in [4.69, 9.17) is 14.2 Å². The number of hydrogen-bond acceptors (Lipinski definition) is 7. The van der Waals surface area contributed by atoms with Crippen molar-refractivity contribution in [1.29, 1.82) is 0 Å².